The van der Waals surface area contributed by atoms with Gasteiger partial charge >= 0.3 is 5.97 Å². The molecule has 1 rings (SSSR count). The predicted molar refractivity (Wildman–Crippen MR) is 42.0 cm³/mol. The van der Waals surface area contributed by atoms with E-state index in [9.17, 15) is 4.79 Å². The van der Waals surface area contributed by atoms with Gasteiger partial charge in [-0.25, -0.2) is 4.79 Å². The Balaban J connectivity index is 2.65. The number of ether oxygens (including phenoxy) is 1. The Hall–Kier alpha value is -1.24. The highest BCUT2D eigenvalue weighted by Gasteiger charge is 2.63. The number of carbonyl (C=O) groups is 1. The van der Waals surface area contributed by atoms with Gasteiger partial charge in [-0.2, -0.15) is 5.26 Å². The maximum atomic E-state index is 11.3. The number of carbonyl (C=O) groups excluding carboxylic acids is 1. The Morgan fingerprint density at radius 1 is 1.83 bits per heavy atom. The van der Waals surface area contributed by atoms with Crippen molar-refractivity contribution in [2.24, 2.45) is 0 Å². The van der Waals surface area contributed by atoms with Crippen molar-refractivity contribution in [3.8, 4) is 6.19 Å². The van der Waals surface area contributed by atoms with Crippen LogP contribution in [-0.4, -0.2) is 29.1 Å². The van der Waals surface area contributed by atoms with Gasteiger partial charge in [-0.15, -0.1) is 0 Å². The number of hydrogen-bond acceptors (Lipinski definition) is 4. The quantitative estimate of drug-likeness (QED) is 0.342. The van der Waals surface area contributed by atoms with Gasteiger partial charge in [0.1, 0.15) is 0 Å². The molecule has 4 nitrogen and oxygen atoms in total. The van der Waals surface area contributed by atoms with E-state index >= 15 is 0 Å². The summed E-state index contributed by atoms with van der Waals surface area (Å²) in [6, 6.07) is -0.0263. The van der Waals surface area contributed by atoms with E-state index < -0.39 is 5.54 Å². The van der Waals surface area contributed by atoms with Crippen LogP contribution in [0.1, 0.15) is 20.8 Å². The summed E-state index contributed by atoms with van der Waals surface area (Å²) in [6.45, 7) is 5.67. The van der Waals surface area contributed by atoms with Crippen molar-refractivity contribution in [3.63, 3.8) is 0 Å². The van der Waals surface area contributed by atoms with E-state index in [1.807, 2.05) is 13.1 Å². The minimum atomic E-state index is -0.704. The predicted octanol–water partition coefficient (Wildman–Crippen LogP) is 0.493. The first kappa shape index (κ1) is 8.85. The topological polar surface area (TPSA) is 53.1 Å². The molecule has 2 atom stereocenters. The molecule has 1 saturated heterocycles. The first-order valence-electron chi connectivity index (χ1n) is 3.95. The van der Waals surface area contributed by atoms with Crippen molar-refractivity contribution in [3.05, 3.63) is 0 Å². The highest BCUT2D eigenvalue weighted by molar-refractivity contribution is 5.85. The van der Waals surface area contributed by atoms with Gasteiger partial charge in [0.15, 0.2) is 11.7 Å². The van der Waals surface area contributed by atoms with Gasteiger partial charge in [0.2, 0.25) is 0 Å². The molecule has 1 fully saturated rings. The van der Waals surface area contributed by atoms with Gasteiger partial charge in [-0.1, -0.05) is 0 Å². The van der Waals surface area contributed by atoms with Crippen molar-refractivity contribution in [1.82, 2.24) is 4.90 Å². The Labute approximate surface area is 71.7 Å². The average molecular weight is 168 g/mol. The molecule has 0 radical (unpaired) electrons. The summed E-state index contributed by atoms with van der Waals surface area (Å²) in [5.74, 6) is -0.306. The molecule has 0 amide bonds. The summed E-state index contributed by atoms with van der Waals surface area (Å²) in [7, 11) is 0. The molecule has 1 heterocycles. The molecule has 12 heavy (non-hydrogen) atoms. The van der Waals surface area contributed by atoms with Gasteiger partial charge in [0.25, 0.3) is 0 Å². The second-order valence-corrected chi connectivity index (χ2v) is 3.01. The summed E-state index contributed by atoms with van der Waals surface area (Å²) in [5, 5.41) is 8.60. The number of nitriles is 1. The van der Waals surface area contributed by atoms with Crippen LogP contribution >= 0.6 is 0 Å². The third-order valence-electron chi connectivity index (χ3n) is 2.43. The largest absolute Gasteiger partial charge is 0.464 e. The Bertz CT molecular complexity index is 246. The maximum Gasteiger partial charge on any atom is 0.334 e. The zero-order valence-corrected chi connectivity index (χ0v) is 7.50. The van der Waals surface area contributed by atoms with Crippen LogP contribution in [0.4, 0.5) is 0 Å². The second kappa shape index (κ2) is 2.67. The fourth-order valence-electron chi connectivity index (χ4n) is 1.29. The van der Waals surface area contributed by atoms with E-state index in [0.29, 0.717) is 6.61 Å². The zero-order valence-electron chi connectivity index (χ0n) is 7.50. The van der Waals surface area contributed by atoms with E-state index in [1.165, 1.54) is 4.90 Å². The molecule has 0 saturated carbocycles. The molecule has 66 valence electrons. The zero-order chi connectivity index (χ0) is 9.35. The summed E-state index contributed by atoms with van der Waals surface area (Å²) < 4.78 is 4.84. The van der Waals surface area contributed by atoms with Crippen molar-refractivity contribution in [2.75, 3.05) is 6.61 Å². The minimum Gasteiger partial charge on any atom is -0.464 e. The molecule has 0 aromatic heterocycles. The Kier molecular flexibility index (Phi) is 1.97. The SMILES string of the molecule is CCOC(=O)C1(C)C(C)N1C#N. The van der Waals surface area contributed by atoms with Crippen molar-refractivity contribution in [1.29, 1.82) is 5.26 Å². The normalized spacial score (nSPS) is 32.5. The van der Waals surface area contributed by atoms with Crippen molar-refractivity contribution in [2.45, 2.75) is 32.4 Å². The lowest BCUT2D eigenvalue weighted by atomic mass is 10.1. The fourth-order valence-corrected chi connectivity index (χ4v) is 1.29. The van der Waals surface area contributed by atoms with Crippen LogP contribution in [0.25, 0.3) is 0 Å². The molecule has 0 aromatic carbocycles. The Morgan fingerprint density at radius 3 is 2.75 bits per heavy atom. The molecule has 0 spiro atoms. The molecule has 0 aromatic rings. The van der Waals surface area contributed by atoms with Gasteiger partial charge in [-0.05, 0) is 20.8 Å². The smallest absolute Gasteiger partial charge is 0.334 e. The number of hydrogen-bond donors (Lipinski definition) is 0. The van der Waals surface area contributed by atoms with Crippen molar-refractivity contribution < 1.29 is 9.53 Å². The standard InChI is InChI=1S/C8H12N2O2/c1-4-12-7(11)8(3)6(2)10(8)5-9/h6H,4H2,1-3H3. The van der Waals surface area contributed by atoms with Crippen LogP contribution < -0.4 is 0 Å². The third-order valence-corrected chi connectivity index (χ3v) is 2.43. The second-order valence-electron chi connectivity index (χ2n) is 3.01. The lowest BCUT2D eigenvalue weighted by Gasteiger charge is -2.06. The maximum absolute atomic E-state index is 11.3. The monoisotopic (exact) mass is 168 g/mol. The summed E-state index contributed by atoms with van der Waals surface area (Å²) in [4.78, 5) is 12.7. The van der Waals surface area contributed by atoms with Crippen molar-refractivity contribution >= 4 is 5.97 Å². The molecule has 1 aliphatic heterocycles. The van der Waals surface area contributed by atoms with E-state index in [4.69, 9.17) is 10.00 Å². The number of nitrogens with zero attached hydrogens (tertiary/aromatic N) is 2. The molecule has 1 aliphatic rings. The first-order chi connectivity index (χ1) is 5.58. The van der Waals surface area contributed by atoms with Gasteiger partial charge in [-0.3, -0.25) is 4.90 Å². The van der Waals surface area contributed by atoms with Gasteiger partial charge < -0.3 is 4.74 Å². The fraction of sp³-hybridized carbons (Fsp3) is 0.750. The number of esters is 1. The van der Waals surface area contributed by atoms with Gasteiger partial charge in [0.05, 0.1) is 12.6 Å². The Morgan fingerprint density at radius 2 is 2.42 bits per heavy atom. The van der Waals surface area contributed by atoms with Crippen LogP contribution in [0, 0.1) is 11.5 Å². The molecule has 0 N–H and O–H groups in total. The summed E-state index contributed by atoms with van der Waals surface area (Å²) in [5.41, 5.74) is -0.704. The molecule has 0 aliphatic carbocycles. The number of rotatable bonds is 2. The van der Waals surface area contributed by atoms with Crippen LogP contribution in [0.5, 0.6) is 0 Å². The van der Waals surface area contributed by atoms with Crippen LogP contribution in [-0.2, 0) is 9.53 Å². The summed E-state index contributed by atoms with van der Waals surface area (Å²) in [6.07, 6.45) is 1.95. The molecule has 0 bridgehead atoms. The average Bonchev–Trinajstić information content (AvgIpc) is 2.57. The molecular weight excluding hydrogens is 156 g/mol. The first-order valence-corrected chi connectivity index (χ1v) is 3.95. The minimum absolute atomic E-state index is 0.0263. The van der Waals surface area contributed by atoms with Crippen LogP contribution in [0.2, 0.25) is 0 Å². The molecular formula is C8H12N2O2. The highest BCUT2D eigenvalue weighted by Crippen LogP contribution is 2.40. The van der Waals surface area contributed by atoms with Crippen LogP contribution in [0.3, 0.4) is 0 Å². The van der Waals surface area contributed by atoms with E-state index in [0.717, 1.165) is 0 Å². The molecule has 2 unspecified atom stereocenters. The van der Waals surface area contributed by atoms with E-state index in [1.54, 1.807) is 13.8 Å². The third kappa shape index (κ3) is 0.934. The van der Waals surface area contributed by atoms with Crippen LogP contribution in [0.15, 0.2) is 0 Å². The highest BCUT2D eigenvalue weighted by atomic mass is 16.5. The van der Waals surface area contributed by atoms with Gasteiger partial charge in [0, 0.05) is 0 Å². The lowest BCUT2D eigenvalue weighted by molar-refractivity contribution is -0.146. The lowest BCUT2D eigenvalue weighted by Crippen LogP contribution is -2.28. The van der Waals surface area contributed by atoms with E-state index in [2.05, 4.69) is 0 Å². The van der Waals surface area contributed by atoms with E-state index in [-0.39, 0.29) is 12.0 Å². The molecule has 4 heteroatoms. The summed E-state index contributed by atoms with van der Waals surface area (Å²) >= 11 is 0.